The van der Waals surface area contributed by atoms with E-state index < -0.39 is 10.2 Å². The van der Waals surface area contributed by atoms with Crippen LogP contribution in [0.25, 0.3) is 10.9 Å². The Morgan fingerprint density at radius 3 is 2.39 bits per heavy atom. The fraction of sp³-hybridized carbons (Fsp3) is 0.526. The highest BCUT2D eigenvalue weighted by Gasteiger charge is 2.36. The van der Waals surface area contributed by atoms with E-state index in [-0.39, 0.29) is 12.2 Å². The van der Waals surface area contributed by atoms with Crippen LogP contribution in [0.5, 0.6) is 0 Å². The first-order valence-electron chi connectivity index (χ1n) is 9.54. The first-order valence-corrected chi connectivity index (χ1v) is 11.3. The molecule has 0 aliphatic carbocycles. The molecule has 0 spiro atoms. The fourth-order valence-corrected chi connectivity index (χ4v) is 5.94. The number of ether oxygens (including phenoxy) is 1. The summed E-state index contributed by atoms with van der Waals surface area (Å²) in [6.45, 7) is 6.83. The Labute approximate surface area is 171 Å². The Morgan fingerprint density at radius 2 is 1.71 bits per heavy atom. The Hall–Kier alpha value is -1.45. The lowest BCUT2D eigenvalue weighted by atomic mass is 10.1. The molecule has 7 nitrogen and oxygen atoms in total. The van der Waals surface area contributed by atoms with Crippen molar-refractivity contribution in [3.05, 3.63) is 35.5 Å². The largest absolute Gasteiger partial charge is 0.373 e. The molecule has 0 amide bonds. The summed E-state index contributed by atoms with van der Waals surface area (Å²) < 4.78 is 35.0. The third-order valence-electron chi connectivity index (χ3n) is 5.30. The standard InChI is InChI=1S/C19H25ClN4O3S/c1-14-12-24(13-15(2)27-14)28(25,26)23-9-7-22(8-10-23)19-5-6-21-18-11-16(20)3-4-17(18)19/h3-6,11,14-15H,7-10,12-13H2,1-2H3. The molecule has 2 aliphatic heterocycles. The second-order valence-electron chi connectivity index (χ2n) is 7.46. The number of anilines is 1. The zero-order valence-corrected chi connectivity index (χ0v) is 17.7. The van der Waals surface area contributed by atoms with Gasteiger partial charge in [0.1, 0.15) is 0 Å². The molecular weight excluding hydrogens is 400 g/mol. The van der Waals surface area contributed by atoms with E-state index >= 15 is 0 Å². The predicted octanol–water partition coefficient (Wildman–Crippen LogP) is 2.36. The zero-order chi connectivity index (χ0) is 19.9. The average Bonchev–Trinajstić information content (AvgIpc) is 2.66. The first-order chi connectivity index (χ1) is 13.3. The van der Waals surface area contributed by atoms with Crippen LogP contribution in [0.15, 0.2) is 30.5 Å². The van der Waals surface area contributed by atoms with Crippen molar-refractivity contribution in [3.8, 4) is 0 Å². The molecule has 4 rings (SSSR count). The van der Waals surface area contributed by atoms with Crippen LogP contribution in [0.3, 0.4) is 0 Å². The monoisotopic (exact) mass is 424 g/mol. The van der Waals surface area contributed by atoms with Crippen molar-refractivity contribution in [2.24, 2.45) is 0 Å². The second-order valence-corrected chi connectivity index (χ2v) is 9.82. The van der Waals surface area contributed by atoms with Gasteiger partial charge in [-0.15, -0.1) is 0 Å². The van der Waals surface area contributed by atoms with Gasteiger partial charge in [0, 0.05) is 61.6 Å². The summed E-state index contributed by atoms with van der Waals surface area (Å²) in [4.78, 5) is 6.61. The van der Waals surface area contributed by atoms with Crippen molar-refractivity contribution in [1.29, 1.82) is 0 Å². The molecule has 0 saturated carbocycles. The molecular formula is C19H25ClN4O3S. The van der Waals surface area contributed by atoms with Crippen molar-refractivity contribution >= 4 is 38.4 Å². The van der Waals surface area contributed by atoms with E-state index in [1.165, 1.54) is 0 Å². The summed E-state index contributed by atoms with van der Waals surface area (Å²) in [7, 11) is -3.47. The number of hydrogen-bond acceptors (Lipinski definition) is 5. The van der Waals surface area contributed by atoms with Crippen LogP contribution >= 0.6 is 11.6 Å². The van der Waals surface area contributed by atoms with Gasteiger partial charge in [-0.1, -0.05) is 11.6 Å². The summed E-state index contributed by atoms with van der Waals surface area (Å²) in [5, 5.41) is 1.68. The Kier molecular flexibility index (Phi) is 5.50. The zero-order valence-electron chi connectivity index (χ0n) is 16.1. The topological polar surface area (TPSA) is 66.0 Å². The van der Waals surface area contributed by atoms with Gasteiger partial charge in [-0.3, -0.25) is 4.98 Å². The number of halogens is 1. The molecule has 2 atom stereocenters. The lowest BCUT2D eigenvalue weighted by Gasteiger charge is -2.41. The van der Waals surface area contributed by atoms with Crippen LogP contribution in [0, 0.1) is 0 Å². The normalized spacial score (nSPS) is 25.3. The van der Waals surface area contributed by atoms with Crippen LogP contribution in [0.4, 0.5) is 5.69 Å². The lowest BCUT2D eigenvalue weighted by Crippen LogP contribution is -2.57. The summed E-state index contributed by atoms with van der Waals surface area (Å²) in [6, 6.07) is 7.66. The number of hydrogen-bond donors (Lipinski definition) is 0. The van der Waals surface area contributed by atoms with Crippen LogP contribution in [-0.4, -0.2) is 73.5 Å². The Morgan fingerprint density at radius 1 is 1.04 bits per heavy atom. The van der Waals surface area contributed by atoms with Crippen LogP contribution in [0.2, 0.25) is 5.02 Å². The van der Waals surface area contributed by atoms with E-state index in [1.54, 1.807) is 14.8 Å². The SMILES string of the molecule is CC1CN(S(=O)(=O)N2CCN(c3ccnc4cc(Cl)ccc34)CC2)CC(C)O1. The number of rotatable bonds is 3. The minimum absolute atomic E-state index is 0.0881. The van der Waals surface area contributed by atoms with Gasteiger partial charge >= 0.3 is 0 Å². The summed E-state index contributed by atoms with van der Waals surface area (Å²) in [5.74, 6) is 0. The smallest absolute Gasteiger partial charge is 0.282 e. The van der Waals surface area contributed by atoms with E-state index in [4.69, 9.17) is 16.3 Å². The molecule has 0 radical (unpaired) electrons. The minimum Gasteiger partial charge on any atom is -0.373 e. The number of pyridine rings is 1. The van der Waals surface area contributed by atoms with Crippen molar-refractivity contribution < 1.29 is 13.2 Å². The Balaban J connectivity index is 1.49. The van der Waals surface area contributed by atoms with Gasteiger partial charge in [0.15, 0.2) is 0 Å². The third kappa shape index (κ3) is 3.84. The van der Waals surface area contributed by atoms with E-state index in [0.29, 0.717) is 44.3 Å². The molecule has 9 heteroatoms. The molecule has 2 fully saturated rings. The van der Waals surface area contributed by atoms with Gasteiger partial charge < -0.3 is 9.64 Å². The number of aromatic nitrogens is 1. The van der Waals surface area contributed by atoms with Crippen molar-refractivity contribution in [1.82, 2.24) is 13.6 Å². The summed E-state index contributed by atoms with van der Waals surface area (Å²) >= 11 is 6.08. The molecule has 0 bridgehead atoms. The molecule has 3 heterocycles. The molecule has 152 valence electrons. The van der Waals surface area contributed by atoms with E-state index in [1.807, 2.05) is 38.1 Å². The maximum absolute atomic E-state index is 13.1. The lowest BCUT2D eigenvalue weighted by molar-refractivity contribution is -0.0455. The highest BCUT2D eigenvalue weighted by Crippen LogP contribution is 2.29. The molecule has 2 saturated heterocycles. The highest BCUT2D eigenvalue weighted by molar-refractivity contribution is 7.86. The maximum atomic E-state index is 13.1. The highest BCUT2D eigenvalue weighted by atomic mass is 35.5. The van der Waals surface area contributed by atoms with Crippen molar-refractivity contribution in [2.45, 2.75) is 26.1 Å². The van der Waals surface area contributed by atoms with Crippen molar-refractivity contribution in [3.63, 3.8) is 0 Å². The van der Waals surface area contributed by atoms with Gasteiger partial charge in [-0.05, 0) is 38.1 Å². The van der Waals surface area contributed by atoms with Gasteiger partial charge in [-0.2, -0.15) is 17.0 Å². The number of benzene rings is 1. The number of morpholine rings is 1. The average molecular weight is 425 g/mol. The number of piperazine rings is 1. The van der Waals surface area contributed by atoms with Gasteiger partial charge in [0.2, 0.25) is 0 Å². The molecule has 2 aromatic rings. The molecule has 1 aromatic heterocycles. The van der Waals surface area contributed by atoms with E-state index in [9.17, 15) is 8.42 Å². The van der Waals surface area contributed by atoms with Gasteiger partial charge in [0.25, 0.3) is 10.2 Å². The first kappa shape index (κ1) is 19.8. The van der Waals surface area contributed by atoms with Crippen LogP contribution < -0.4 is 4.90 Å². The molecule has 28 heavy (non-hydrogen) atoms. The van der Waals surface area contributed by atoms with Gasteiger partial charge in [-0.25, -0.2) is 0 Å². The number of nitrogens with zero attached hydrogens (tertiary/aromatic N) is 4. The van der Waals surface area contributed by atoms with Gasteiger partial charge in [0.05, 0.1) is 17.7 Å². The van der Waals surface area contributed by atoms with Crippen LogP contribution in [0.1, 0.15) is 13.8 Å². The van der Waals surface area contributed by atoms with Crippen LogP contribution in [-0.2, 0) is 14.9 Å². The molecule has 0 N–H and O–H groups in total. The Bertz CT molecular complexity index is 953. The quantitative estimate of drug-likeness (QED) is 0.756. The molecule has 2 aliphatic rings. The number of fused-ring (bicyclic) bond motifs is 1. The van der Waals surface area contributed by atoms with E-state index in [0.717, 1.165) is 16.6 Å². The minimum atomic E-state index is -3.47. The third-order valence-corrected chi connectivity index (χ3v) is 7.50. The molecule has 1 aromatic carbocycles. The second kappa shape index (κ2) is 7.76. The van der Waals surface area contributed by atoms with E-state index in [2.05, 4.69) is 9.88 Å². The van der Waals surface area contributed by atoms with Crippen molar-refractivity contribution in [2.75, 3.05) is 44.2 Å². The fourth-order valence-electron chi connectivity index (χ4n) is 4.02. The summed E-state index contributed by atoms with van der Waals surface area (Å²) in [6.07, 6.45) is 1.60. The summed E-state index contributed by atoms with van der Waals surface area (Å²) in [5.41, 5.74) is 1.91. The molecule has 2 unspecified atom stereocenters. The predicted molar refractivity (Wildman–Crippen MR) is 111 cm³/mol. The maximum Gasteiger partial charge on any atom is 0.282 e.